The first-order valence-electron chi connectivity index (χ1n) is 9.39. The van der Waals surface area contributed by atoms with Crippen molar-refractivity contribution in [1.82, 2.24) is 15.2 Å². The van der Waals surface area contributed by atoms with Crippen LogP contribution < -0.4 is 10.2 Å². The van der Waals surface area contributed by atoms with Gasteiger partial charge in [-0.1, -0.05) is 31.2 Å². The highest BCUT2D eigenvalue weighted by atomic mass is 16.1. The lowest BCUT2D eigenvalue weighted by atomic mass is 9.97. The van der Waals surface area contributed by atoms with Gasteiger partial charge >= 0.3 is 0 Å². The molecule has 1 amide bonds. The zero-order chi connectivity index (χ0) is 18.5. The van der Waals surface area contributed by atoms with E-state index in [1.54, 1.807) is 13.2 Å². The van der Waals surface area contributed by atoms with Gasteiger partial charge in [-0.05, 0) is 42.6 Å². The molecule has 0 bridgehead atoms. The van der Waals surface area contributed by atoms with Crippen LogP contribution in [0, 0.1) is 6.92 Å². The summed E-state index contributed by atoms with van der Waals surface area (Å²) in [5.41, 5.74) is 3.81. The maximum absolute atomic E-state index is 12.3. The van der Waals surface area contributed by atoms with Crippen molar-refractivity contribution >= 4 is 11.7 Å². The number of aromatic nitrogens is 1. The monoisotopic (exact) mass is 352 g/mol. The van der Waals surface area contributed by atoms with E-state index in [4.69, 9.17) is 0 Å². The van der Waals surface area contributed by atoms with Crippen molar-refractivity contribution in [2.24, 2.45) is 0 Å². The molecule has 1 aliphatic heterocycles. The van der Waals surface area contributed by atoms with Crippen molar-refractivity contribution in [1.29, 1.82) is 0 Å². The number of nitrogens with one attached hydrogen (secondary N) is 1. The van der Waals surface area contributed by atoms with Crippen LogP contribution in [0.15, 0.2) is 36.5 Å². The van der Waals surface area contributed by atoms with Crippen LogP contribution in [0.25, 0.3) is 11.1 Å². The number of aryl methyl sites for hydroxylation is 1. The molecule has 1 aromatic carbocycles. The molecule has 2 heterocycles. The van der Waals surface area contributed by atoms with E-state index in [9.17, 15) is 4.79 Å². The van der Waals surface area contributed by atoms with Crippen molar-refractivity contribution in [3.05, 3.63) is 47.7 Å². The fourth-order valence-electron chi connectivity index (χ4n) is 3.55. The Balaban J connectivity index is 1.93. The Hall–Kier alpha value is -2.40. The lowest BCUT2D eigenvalue weighted by Gasteiger charge is -2.35. The lowest BCUT2D eigenvalue weighted by Crippen LogP contribution is -2.46. The molecule has 1 fully saturated rings. The molecule has 3 rings (SSSR count). The number of piperazine rings is 1. The number of hydrogen-bond donors (Lipinski definition) is 1. The normalized spacial score (nSPS) is 15.1. The van der Waals surface area contributed by atoms with Gasteiger partial charge in [-0.2, -0.15) is 0 Å². The Bertz CT molecular complexity index is 766. The smallest absolute Gasteiger partial charge is 0.253 e. The maximum atomic E-state index is 12.3. The van der Waals surface area contributed by atoms with E-state index in [0.717, 1.165) is 55.2 Å². The molecule has 0 saturated carbocycles. The highest BCUT2D eigenvalue weighted by molar-refractivity contribution is 6.01. The Kier molecular flexibility index (Phi) is 5.89. The number of rotatable bonds is 5. The first-order chi connectivity index (χ1) is 12.6. The van der Waals surface area contributed by atoms with Crippen LogP contribution in [0.1, 0.15) is 29.3 Å². The number of pyridine rings is 1. The second kappa shape index (κ2) is 8.32. The van der Waals surface area contributed by atoms with Gasteiger partial charge in [-0.3, -0.25) is 9.69 Å². The SMILES string of the molecule is CCCN1CCN(c2cc(-c3ccccc3C)c(C(=O)NC)cn2)CC1. The molecule has 1 aliphatic rings. The molecule has 0 spiro atoms. The predicted molar refractivity (Wildman–Crippen MR) is 107 cm³/mol. The van der Waals surface area contributed by atoms with E-state index in [0.29, 0.717) is 5.56 Å². The number of nitrogens with zero attached hydrogens (tertiary/aromatic N) is 3. The average Bonchev–Trinajstić information content (AvgIpc) is 2.68. The summed E-state index contributed by atoms with van der Waals surface area (Å²) < 4.78 is 0. The molecule has 5 heteroatoms. The minimum Gasteiger partial charge on any atom is -0.355 e. The minimum absolute atomic E-state index is 0.102. The maximum Gasteiger partial charge on any atom is 0.253 e. The predicted octanol–water partition coefficient (Wildman–Crippen LogP) is 2.95. The van der Waals surface area contributed by atoms with Gasteiger partial charge in [0, 0.05) is 39.4 Å². The Morgan fingerprint density at radius 3 is 2.54 bits per heavy atom. The molecule has 5 nitrogen and oxygen atoms in total. The number of carbonyl (C=O) groups is 1. The van der Waals surface area contributed by atoms with E-state index in [2.05, 4.69) is 52.1 Å². The molecule has 138 valence electrons. The summed E-state index contributed by atoms with van der Waals surface area (Å²) in [5, 5.41) is 2.73. The molecular weight excluding hydrogens is 324 g/mol. The Morgan fingerprint density at radius 2 is 1.88 bits per heavy atom. The van der Waals surface area contributed by atoms with Crippen molar-refractivity contribution in [2.75, 3.05) is 44.7 Å². The second-order valence-corrected chi connectivity index (χ2v) is 6.81. The van der Waals surface area contributed by atoms with Gasteiger partial charge < -0.3 is 10.2 Å². The third-order valence-corrected chi connectivity index (χ3v) is 5.03. The molecule has 1 aromatic heterocycles. The van der Waals surface area contributed by atoms with Crippen LogP contribution in [-0.4, -0.2) is 55.6 Å². The summed E-state index contributed by atoms with van der Waals surface area (Å²) in [6.45, 7) is 9.52. The average molecular weight is 352 g/mol. The molecule has 0 radical (unpaired) electrons. The van der Waals surface area contributed by atoms with Gasteiger partial charge in [0.15, 0.2) is 0 Å². The van der Waals surface area contributed by atoms with E-state index in [1.165, 1.54) is 6.42 Å². The highest BCUT2D eigenvalue weighted by Crippen LogP contribution is 2.30. The summed E-state index contributed by atoms with van der Waals surface area (Å²) >= 11 is 0. The number of benzene rings is 1. The van der Waals surface area contributed by atoms with E-state index < -0.39 is 0 Å². The van der Waals surface area contributed by atoms with Gasteiger partial charge in [0.25, 0.3) is 5.91 Å². The van der Waals surface area contributed by atoms with Gasteiger partial charge in [0.1, 0.15) is 5.82 Å². The molecular formula is C21H28N4O. The van der Waals surface area contributed by atoms with Crippen LogP contribution in [0.2, 0.25) is 0 Å². The standard InChI is InChI=1S/C21H28N4O/c1-4-9-24-10-12-25(13-11-24)20-14-18(17-8-6-5-7-16(17)2)19(15-23-20)21(26)22-3/h5-8,14-15H,4,9-13H2,1-3H3,(H,22,26). The van der Waals surface area contributed by atoms with E-state index >= 15 is 0 Å². The Labute approximate surface area is 156 Å². The molecule has 2 aromatic rings. The second-order valence-electron chi connectivity index (χ2n) is 6.81. The number of anilines is 1. The van der Waals surface area contributed by atoms with Crippen LogP contribution >= 0.6 is 0 Å². The van der Waals surface area contributed by atoms with Gasteiger partial charge in [0.05, 0.1) is 5.56 Å². The summed E-state index contributed by atoms with van der Waals surface area (Å²) in [4.78, 5) is 21.8. The van der Waals surface area contributed by atoms with E-state index in [1.807, 2.05) is 12.1 Å². The molecule has 0 aliphatic carbocycles. The largest absolute Gasteiger partial charge is 0.355 e. The van der Waals surface area contributed by atoms with Crippen molar-refractivity contribution in [3.63, 3.8) is 0 Å². The van der Waals surface area contributed by atoms with Crippen molar-refractivity contribution in [3.8, 4) is 11.1 Å². The minimum atomic E-state index is -0.102. The van der Waals surface area contributed by atoms with Crippen molar-refractivity contribution < 1.29 is 4.79 Å². The van der Waals surface area contributed by atoms with Crippen LogP contribution in [0.5, 0.6) is 0 Å². The summed E-state index contributed by atoms with van der Waals surface area (Å²) in [6.07, 6.45) is 2.91. The van der Waals surface area contributed by atoms with Gasteiger partial charge in [-0.25, -0.2) is 4.98 Å². The molecule has 1 saturated heterocycles. The van der Waals surface area contributed by atoms with Crippen LogP contribution in [0.4, 0.5) is 5.82 Å². The summed E-state index contributed by atoms with van der Waals surface area (Å²) in [6, 6.07) is 10.3. The summed E-state index contributed by atoms with van der Waals surface area (Å²) in [5.74, 6) is 0.849. The third-order valence-electron chi connectivity index (χ3n) is 5.03. The molecule has 0 atom stereocenters. The number of carbonyl (C=O) groups excluding carboxylic acids is 1. The topological polar surface area (TPSA) is 48.5 Å². The highest BCUT2D eigenvalue weighted by Gasteiger charge is 2.20. The fraction of sp³-hybridized carbons (Fsp3) is 0.429. The van der Waals surface area contributed by atoms with Crippen LogP contribution in [0.3, 0.4) is 0 Å². The third kappa shape index (κ3) is 3.88. The summed E-state index contributed by atoms with van der Waals surface area (Å²) in [7, 11) is 1.66. The lowest BCUT2D eigenvalue weighted by molar-refractivity contribution is 0.0963. The Morgan fingerprint density at radius 1 is 1.15 bits per heavy atom. The first kappa shape index (κ1) is 18.4. The zero-order valence-electron chi connectivity index (χ0n) is 16.0. The zero-order valence-corrected chi connectivity index (χ0v) is 16.0. The molecule has 0 unspecified atom stereocenters. The molecule has 26 heavy (non-hydrogen) atoms. The number of hydrogen-bond acceptors (Lipinski definition) is 4. The van der Waals surface area contributed by atoms with Crippen LogP contribution in [-0.2, 0) is 0 Å². The fourth-order valence-corrected chi connectivity index (χ4v) is 3.55. The van der Waals surface area contributed by atoms with Gasteiger partial charge in [0.2, 0.25) is 0 Å². The first-order valence-corrected chi connectivity index (χ1v) is 9.39. The quantitative estimate of drug-likeness (QED) is 0.899. The van der Waals surface area contributed by atoms with Gasteiger partial charge in [-0.15, -0.1) is 0 Å². The molecule has 1 N–H and O–H groups in total. The van der Waals surface area contributed by atoms with E-state index in [-0.39, 0.29) is 5.91 Å². The van der Waals surface area contributed by atoms with Crippen molar-refractivity contribution in [2.45, 2.75) is 20.3 Å². The number of amides is 1.